The fraction of sp³-hybridized carbons (Fsp3) is 0. The van der Waals surface area contributed by atoms with Crippen LogP contribution in [0.1, 0.15) is 26.3 Å². The smallest absolute Gasteiger partial charge is 0.271 e. The van der Waals surface area contributed by atoms with E-state index in [1.807, 2.05) is 30.5 Å². The van der Waals surface area contributed by atoms with Crippen LogP contribution in [-0.4, -0.2) is 23.0 Å². The molecule has 0 saturated carbocycles. The number of carbonyl (C=O) groups excluding carboxylic acids is 2. The van der Waals surface area contributed by atoms with Crippen molar-refractivity contribution in [2.24, 2.45) is 5.10 Å². The molecule has 0 aliphatic heterocycles. The fourth-order valence-corrected chi connectivity index (χ4v) is 3.20. The third kappa shape index (κ3) is 4.24. The van der Waals surface area contributed by atoms with Gasteiger partial charge in [-0.1, -0.05) is 41.9 Å². The van der Waals surface area contributed by atoms with Crippen molar-refractivity contribution in [3.63, 3.8) is 0 Å². The van der Waals surface area contributed by atoms with E-state index in [9.17, 15) is 9.59 Å². The number of aromatic amines is 1. The topological polar surface area (TPSA) is 86.3 Å². The molecule has 4 aromatic rings. The summed E-state index contributed by atoms with van der Waals surface area (Å²) in [4.78, 5) is 27.8. The Morgan fingerprint density at radius 3 is 2.43 bits per heavy atom. The van der Waals surface area contributed by atoms with Gasteiger partial charge in [-0.05, 0) is 42.5 Å². The lowest BCUT2D eigenvalue weighted by Crippen LogP contribution is -2.18. The number of hydrogen-bond acceptors (Lipinski definition) is 3. The van der Waals surface area contributed by atoms with E-state index >= 15 is 0 Å². The molecule has 1 heterocycles. The molecule has 0 bridgehead atoms. The quantitative estimate of drug-likeness (QED) is 0.321. The summed E-state index contributed by atoms with van der Waals surface area (Å²) in [5.74, 6) is -0.670. The number of rotatable bonds is 5. The van der Waals surface area contributed by atoms with Crippen LogP contribution in [0.5, 0.6) is 0 Å². The van der Waals surface area contributed by atoms with Gasteiger partial charge in [0.2, 0.25) is 0 Å². The number of aromatic nitrogens is 1. The lowest BCUT2D eigenvalue weighted by Gasteiger charge is -2.07. The number of carbonyl (C=O) groups is 2. The van der Waals surface area contributed by atoms with Gasteiger partial charge in [0, 0.05) is 33.9 Å². The number of anilines is 1. The van der Waals surface area contributed by atoms with Crippen molar-refractivity contribution in [3.8, 4) is 0 Å². The Kier molecular flexibility index (Phi) is 5.59. The first-order chi connectivity index (χ1) is 14.6. The van der Waals surface area contributed by atoms with Crippen molar-refractivity contribution in [2.45, 2.75) is 0 Å². The van der Waals surface area contributed by atoms with Crippen molar-refractivity contribution in [2.75, 3.05) is 5.32 Å². The minimum absolute atomic E-state index is 0.318. The zero-order chi connectivity index (χ0) is 20.9. The van der Waals surface area contributed by atoms with E-state index in [0.717, 1.165) is 16.5 Å². The molecule has 7 heteroatoms. The van der Waals surface area contributed by atoms with Crippen LogP contribution in [0.3, 0.4) is 0 Å². The van der Waals surface area contributed by atoms with Crippen molar-refractivity contribution in [1.29, 1.82) is 0 Å². The van der Waals surface area contributed by atoms with Crippen LogP contribution in [0.2, 0.25) is 5.02 Å². The SMILES string of the molecule is O=C(NN=Cc1c[nH]c2ccccc12)c1ccc(NC(=O)c2ccccc2Cl)cc1. The Bertz CT molecular complexity index is 1250. The highest BCUT2D eigenvalue weighted by molar-refractivity contribution is 6.34. The average Bonchev–Trinajstić information content (AvgIpc) is 3.17. The summed E-state index contributed by atoms with van der Waals surface area (Å²) in [5.41, 5.74) is 5.74. The summed E-state index contributed by atoms with van der Waals surface area (Å²) < 4.78 is 0. The minimum Gasteiger partial charge on any atom is -0.361 e. The van der Waals surface area contributed by atoms with Crippen LogP contribution in [-0.2, 0) is 0 Å². The molecule has 0 unspecified atom stereocenters. The fourth-order valence-electron chi connectivity index (χ4n) is 2.97. The molecule has 6 nitrogen and oxygen atoms in total. The van der Waals surface area contributed by atoms with E-state index in [4.69, 9.17) is 11.6 Å². The molecule has 0 aliphatic rings. The van der Waals surface area contributed by atoms with Gasteiger partial charge in [0.05, 0.1) is 16.8 Å². The molecule has 3 N–H and O–H groups in total. The molecule has 1 aromatic heterocycles. The van der Waals surface area contributed by atoms with Crippen molar-refractivity contribution >= 4 is 46.2 Å². The van der Waals surface area contributed by atoms with Crippen molar-refractivity contribution in [3.05, 3.63) is 101 Å². The van der Waals surface area contributed by atoms with Gasteiger partial charge < -0.3 is 10.3 Å². The maximum Gasteiger partial charge on any atom is 0.271 e. The number of fused-ring (bicyclic) bond motifs is 1. The average molecular weight is 417 g/mol. The van der Waals surface area contributed by atoms with Gasteiger partial charge in [-0.15, -0.1) is 0 Å². The molecule has 2 amide bonds. The second-order valence-corrected chi connectivity index (χ2v) is 6.91. The van der Waals surface area contributed by atoms with Gasteiger partial charge in [-0.25, -0.2) is 5.43 Å². The van der Waals surface area contributed by atoms with Crippen molar-refractivity contribution < 1.29 is 9.59 Å². The highest BCUT2D eigenvalue weighted by atomic mass is 35.5. The third-order valence-corrected chi connectivity index (χ3v) is 4.84. The standard InChI is InChI=1S/C23H17ClN4O2/c24-20-7-3-1-6-19(20)23(30)27-17-11-9-15(10-12-17)22(29)28-26-14-16-13-25-21-8-4-2-5-18(16)21/h1-14,25H,(H,27,30)(H,28,29). The summed E-state index contributed by atoms with van der Waals surface area (Å²) in [6.45, 7) is 0. The van der Waals surface area contributed by atoms with Gasteiger partial charge in [0.1, 0.15) is 0 Å². The molecule has 0 atom stereocenters. The van der Waals surface area contributed by atoms with Crippen LogP contribution in [0, 0.1) is 0 Å². The van der Waals surface area contributed by atoms with Crippen molar-refractivity contribution in [1.82, 2.24) is 10.4 Å². The number of nitrogens with one attached hydrogen (secondary N) is 3. The maximum atomic E-state index is 12.3. The summed E-state index contributed by atoms with van der Waals surface area (Å²) in [6, 6.07) is 21.1. The van der Waals surface area contributed by atoms with Gasteiger partial charge in [0.25, 0.3) is 11.8 Å². The number of hydrazone groups is 1. The summed E-state index contributed by atoms with van der Waals surface area (Å²) >= 11 is 6.04. The summed E-state index contributed by atoms with van der Waals surface area (Å²) in [7, 11) is 0. The highest BCUT2D eigenvalue weighted by Gasteiger charge is 2.10. The molecule has 148 valence electrons. The lowest BCUT2D eigenvalue weighted by atomic mass is 10.1. The first kappa shape index (κ1) is 19.4. The number of halogens is 1. The second-order valence-electron chi connectivity index (χ2n) is 6.50. The Morgan fingerprint density at radius 2 is 1.63 bits per heavy atom. The molecular weight excluding hydrogens is 400 g/mol. The second kappa shape index (κ2) is 8.63. The van der Waals surface area contributed by atoms with Gasteiger partial charge in [-0.2, -0.15) is 5.10 Å². The van der Waals surface area contributed by atoms with E-state index in [1.54, 1.807) is 54.7 Å². The third-order valence-electron chi connectivity index (χ3n) is 4.51. The predicted octanol–water partition coefficient (Wildman–Crippen LogP) is 4.84. The largest absolute Gasteiger partial charge is 0.361 e. The first-order valence-electron chi connectivity index (χ1n) is 9.17. The predicted molar refractivity (Wildman–Crippen MR) is 119 cm³/mol. The minimum atomic E-state index is -0.352. The van der Waals surface area contributed by atoms with E-state index < -0.39 is 0 Å². The first-order valence-corrected chi connectivity index (χ1v) is 9.55. The Labute approximate surface area is 177 Å². The van der Waals surface area contributed by atoms with Gasteiger partial charge in [0.15, 0.2) is 0 Å². The molecule has 0 saturated heterocycles. The molecule has 0 radical (unpaired) electrons. The van der Waals surface area contributed by atoms with E-state index in [2.05, 4.69) is 20.8 Å². The van der Waals surface area contributed by atoms with Crippen LogP contribution in [0.15, 0.2) is 84.1 Å². The molecular formula is C23H17ClN4O2. The van der Waals surface area contributed by atoms with Gasteiger partial charge >= 0.3 is 0 Å². The van der Waals surface area contributed by atoms with E-state index in [-0.39, 0.29) is 11.8 Å². The normalized spacial score (nSPS) is 11.0. The highest BCUT2D eigenvalue weighted by Crippen LogP contribution is 2.18. The Hall–Kier alpha value is -3.90. The van der Waals surface area contributed by atoms with Crippen LogP contribution in [0.4, 0.5) is 5.69 Å². The van der Waals surface area contributed by atoms with Gasteiger partial charge in [-0.3, -0.25) is 9.59 Å². The van der Waals surface area contributed by atoms with E-state index in [0.29, 0.717) is 21.8 Å². The Morgan fingerprint density at radius 1 is 0.900 bits per heavy atom. The van der Waals surface area contributed by atoms with Crippen LogP contribution < -0.4 is 10.7 Å². The number of benzene rings is 3. The zero-order valence-electron chi connectivity index (χ0n) is 15.7. The van der Waals surface area contributed by atoms with Crippen LogP contribution >= 0.6 is 11.6 Å². The number of para-hydroxylation sites is 1. The monoisotopic (exact) mass is 416 g/mol. The number of nitrogens with zero attached hydrogens (tertiary/aromatic N) is 1. The van der Waals surface area contributed by atoms with Crippen LogP contribution in [0.25, 0.3) is 10.9 Å². The zero-order valence-corrected chi connectivity index (χ0v) is 16.5. The Balaban J connectivity index is 1.38. The number of H-pyrrole nitrogens is 1. The number of amides is 2. The molecule has 4 rings (SSSR count). The molecule has 0 aliphatic carbocycles. The molecule has 0 fully saturated rings. The molecule has 30 heavy (non-hydrogen) atoms. The molecule has 0 spiro atoms. The van der Waals surface area contributed by atoms with E-state index in [1.165, 1.54) is 0 Å². The lowest BCUT2D eigenvalue weighted by molar-refractivity contribution is 0.0954. The summed E-state index contributed by atoms with van der Waals surface area (Å²) in [6.07, 6.45) is 3.42. The maximum absolute atomic E-state index is 12.3. The number of hydrogen-bond donors (Lipinski definition) is 3. The molecule has 3 aromatic carbocycles. The summed E-state index contributed by atoms with van der Waals surface area (Å²) in [5, 5.41) is 8.18.